The van der Waals surface area contributed by atoms with Crippen molar-refractivity contribution in [1.29, 1.82) is 5.26 Å². The van der Waals surface area contributed by atoms with Crippen LogP contribution in [0.25, 0.3) is 0 Å². The molecule has 0 fully saturated rings. The van der Waals surface area contributed by atoms with E-state index >= 15 is 0 Å². The highest BCUT2D eigenvalue weighted by atomic mass is 16.6. The lowest BCUT2D eigenvalue weighted by Crippen LogP contribution is -2.36. The lowest BCUT2D eigenvalue weighted by atomic mass is 10.0. The Kier molecular flexibility index (Phi) is 5.88. The minimum atomic E-state index is -0.541. The zero-order chi connectivity index (χ0) is 17.5. The molecule has 0 aliphatic heterocycles. The summed E-state index contributed by atoms with van der Waals surface area (Å²) in [7, 11) is 4.04. The second-order valence-electron chi connectivity index (χ2n) is 5.79. The van der Waals surface area contributed by atoms with E-state index in [0.717, 1.165) is 6.42 Å². The standard InChI is InChI=1S/C18H20N4O2/c1-21(2)17(10-14-6-4-3-5-7-14)13-20-16-8-9-18(22(23)24)15(11-16)12-19/h3-9,11,17,20H,10,13H2,1-2H3/t17-/m0/s1. The molecule has 0 saturated heterocycles. The molecular weight excluding hydrogens is 304 g/mol. The van der Waals surface area contributed by atoms with Crippen molar-refractivity contribution in [2.24, 2.45) is 0 Å². The van der Waals surface area contributed by atoms with E-state index in [2.05, 4.69) is 22.3 Å². The molecule has 0 amide bonds. The van der Waals surface area contributed by atoms with Crippen molar-refractivity contribution < 1.29 is 4.92 Å². The van der Waals surface area contributed by atoms with E-state index < -0.39 is 4.92 Å². The van der Waals surface area contributed by atoms with Gasteiger partial charge < -0.3 is 10.2 Å². The maximum atomic E-state index is 10.9. The first-order valence-electron chi connectivity index (χ1n) is 7.64. The summed E-state index contributed by atoms with van der Waals surface area (Å²) in [5.74, 6) is 0. The molecule has 124 valence electrons. The van der Waals surface area contributed by atoms with Crippen molar-refractivity contribution in [3.63, 3.8) is 0 Å². The second-order valence-corrected chi connectivity index (χ2v) is 5.79. The average molecular weight is 324 g/mol. The highest BCUT2D eigenvalue weighted by Gasteiger charge is 2.15. The summed E-state index contributed by atoms with van der Waals surface area (Å²) < 4.78 is 0. The fourth-order valence-corrected chi connectivity index (χ4v) is 2.45. The van der Waals surface area contributed by atoms with Crippen LogP contribution in [0.5, 0.6) is 0 Å². The molecule has 6 nitrogen and oxygen atoms in total. The van der Waals surface area contributed by atoms with Gasteiger partial charge in [-0.2, -0.15) is 5.26 Å². The maximum absolute atomic E-state index is 10.9. The normalized spacial score (nSPS) is 11.8. The van der Waals surface area contributed by atoms with E-state index in [0.29, 0.717) is 12.2 Å². The third-order valence-electron chi connectivity index (χ3n) is 3.90. The fourth-order valence-electron chi connectivity index (χ4n) is 2.45. The zero-order valence-corrected chi connectivity index (χ0v) is 13.8. The topological polar surface area (TPSA) is 82.2 Å². The van der Waals surface area contributed by atoms with Crippen molar-refractivity contribution in [3.05, 3.63) is 69.8 Å². The Morgan fingerprint density at radius 3 is 2.54 bits per heavy atom. The van der Waals surface area contributed by atoms with Crippen LogP contribution in [0.1, 0.15) is 11.1 Å². The number of hydrogen-bond acceptors (Lipinski definition) is 5. The smallest absolute Gasteiger partial charge is 0.287 e. The Bertz CT molecular complexity index is 738. The molecule has 0 spiro atoms. The van der Waals surface area contributed by atoms with Gasteiger partial charge in [-0.25, -0.2) is 0 Å². The Hall–Kier alpha value is -2.91. The molecule has 1 N–H and O–H groups in total. The molecule has 0 aliphatic carbocycles. The van der Waals surface area contributed by atoms with E-state index in [1.165, 1.54) is 17.7 Å². The third-order valence-corrected chi connectivity index (χ3v) is 3.90. The molecule has 6 heteroatoms. The van der Waals surface area contributed by atoms with Crippen molar-refractivity contribution >= 4 is 11.4 Å². The van der Waals surface area contributed by atoms with Gasteiger partial charge in [0.25, 0.3) is 5.69 Å². The van der Waals surface area contributed by atoms with Crippen LogP contribution in [0.4, 0.5) is 11.4 Å². The Labute approximate surface area is 141 Å². The molecule has 2 aromatic rings. The van der Waals surface area contributed by atoms with E-state index in [4.69, 9.17) is 5.26 Å². The summed E-state index contributed by atoms with van der Waals surface area (Å²) in [6, 6.07) is 16.9. The molecular formula is C18H20N4O2. The minimum Gasteiger partial charge on any atom is -0.383 e. The molecule has 24 heavy (non-hydrogen) atoms. The fraction of sp³-hybridized carbons (Fsp3) is 0.278. The van der Waals surface area contributed by atoms with Crippen LogP contribution in [-0.4, -0.2) is 36.5 Å². The SMILES string of the molecule is CN(C)[C@H](CNc1ccc([N+](=O)[O-])c(C#N)c1)Cc1ccccc1. The first-order valence-corrected chi connectivity index (χ1v) is 7.64. The van der Waals surface area contributed by atoms with Gasteiger partial charge >= 0.3 is 0 Å². The molecule has 0 aliphatic rings. The first-order chi connectivity index (χ1) is 11.5. The van der Waals surface area contributed by atoms with E-state index in [1.54, 1.807) is 6.07 Å². The molecule has 0 radical (unpaired) electrons. The summed E-state index contributed by atoms with van der Waals surface area (Å²) in [5.41, 5.74) is 1.85. The molecule has 2 aromatic carbocycles. The Morgan fingerprint density at radius 1 is 1.25 bits per heavy atom. The van der Waals surface area contributed by atoms with E-state index in [-0.39, 0.29) is 17.3 Å². The number of nitrogens with zero attached hydrogens (tertiary/aromatic N) is 3. The van der Waals surface area contributed by atoms with Gasteiger partial charge in [0.15, 0.2) is 0 Å². The van der Waals surface area contributed by atoms with Crippen LogP contribution in [-0.2, 0) is 6.42 Å². The van der Waals surface area contributed by atoms with Crippen molar-refractivity contribution in [2.45, 2.75) is 12.5 Å². The number of benzene rings is 2. The molecule has 0 bridgehead atoms. The minimum absolute atomic E-state index is 0.0643. The molecule has 0 saturated carbocycles. The van der Waals surface area contributed by atoms with Crippen LogP contribution in [0.2, 0.25) is 0 Å². The lowest BCUT2D eigenvalue weighted by Gasteiger charge is -2.25. The molecule has 0 heterocycles. The van der Waals surface area contributed by atoms with E-state index in [1.807, 2.05) is 38.4 Å². The van der Waals surface area contributed by atoms with Gasteiger partial charge in [-0.1, -0.05) is 30.3 Å². The quantitative estimate of drug-likeness (QED) is 0.625. The molecule has 2 rings (SSSR count). The Balaban J connectivity index is 2.07. The average Bonchev–Trinajstić information content (AvgIpc) is 2.58. The largest absolute Gasteiger partial charge is 0.383 e. The predicted octanol–water partition coefficient (Wildman–Crippen LogP) is 3.05. The number of nitro benzene ring substituents is 1. The number of nitro groups is 1. The molecule has 1 atom stereocenters. The van der Waals surface area contributed by atoms with Gasteiger partial charge in [0.05, 0.1) is 4.92 Å². The lowest BCUT2D eigenvalue weighted by molar-refractivity contribution is -0.385. The summed E-state index contributed by atoms with van der Waals surface area (Å²) in [6.45, 7) is 0.671. The van der Waals surface area contributed by atoms with Gasteiger partial charge in [-0.3, -0.25) is 10.1 Å². The van der Waals surface area contributed by atoms with Crippen molar-refractivity contribution in [1.82, 2.24) is 4.90 Å². The third kappa shape index (κ3) is 4.54. The number of nitriles is 1. The van der Waals surface area contributed by atoms with Crippen LogP contribution in [0.15, 0.2) is 48.5 Å². The summed E-state index contributed by atoms with van der Waals surface area (Å²) in [4.78, 5) is 12.5. The van der Waals surface area contributed by atoms with Crippen LogP contribution < -0.4 is 5.32 Å². The summed E-state index contributed by atoms with van der Waals surface area (Å²) >= 11 is 0. The summed E-state index contributed by atoms with van der Waals surface area (Å²) in [5, 5.41) is 23.2. The monoisotopic (exact) mass is 324 g/mol. The summed E-state index contributed by atoms with van der Waals surface area (Å²) in [6.07, 6.45) is 0.888. The van der Waals surface area contributed by atoms with Crippen molar-refractivity contribution in [2.75, 3.05) is 26.0 Å². The van der Waals surface area contributed by atoms with Crippen LogP contribution in [0.3, 0.4) is 0 Å². The predicted molar refractivity (Wildman–Crippen MR) is 93.9 cm³/mol. The van der Waals surface area contributed by atoms with Gasteiger partial charge in [-0.05, 0) is 38.2 Å². The van der Waals surface area contributed by atoms with Crippen molar-refractivity contribution in [3.8, 4) is 6.07 Å². The number of rotatable bonds is 7. The number of likely N-dealkylation sites (N-methyl/N-ethyl adjacent to an activating group) is 1. The Morgan fingerprint density at radius 2 is 1.96 bits per heavy atom. The van der Waals surface area contributed by atoms with Crippen LogP contribution >= 0.6 is 0 Å². The van der Waals surface area contributed by atoms with Gasteiger partial charge in [0, 0.05) is 24.3 Å². The highest BCUT2D eigenvalue weighted by molar-refractivity contribution is 5.58. The first kappa shape index (κ1) is 17.4. The molecule has 0 aromatic heterocycles. The maximum Gasteiger partial charge on any atom is 0.287 e. The zero-order valence-electron chi connectivity index (χ0n) is 13.8. The van der Waals surface area contributed by atoms with Gasteiger partial charge in [-0.15, -0.1) is 0 Å². The number of nitrogens with one attached hydrogen (secondary N) is 1. The number of hydrogen-bond donors (Lipinski definition) is 1. The highest BCUT2D eigenvalue weighted by Crippen LogP contribution is 2.22. The van der Waals surface area contributed by atoms with Gasteiger partial charge in [0.2, 0.25) is 0 Å². The molecule has 0 unspecified atom stereocenters. The number of anilines is 1. The van der Waals surface area contributed by atoms with Crippen LogP contribution in [0, 0.1) is 21.4 Å². The van der Waals surface area contributed by atoms with Gasteiger partial charge in [0.1, 0.15) is 11.6 Å². The second kappa shape index (κ2) is 8.09. The van der Waals surface area contributed by atoms with E-state index in [9.17, 15) is 10.1 Å².